The van der Waals surface area contributed by atoms with Crippen LogP contribution in [0.15, 0.2) is 22.7 Å². The second kappa shape index (κ2) is 5.85. The fraction of sp³-hybridized carbons (Fsp3) is 0.400. The smallest absolute Gasteiger partial charge is 0.483 e. The van der Waals surface area contributed by atoms with Crippen LogP contribution in [0.4, 0.5) is 35.1 Å². The van der Waals surface area contributed by atoms with Crippen LogP contribution in [0.5, 0.6) is 11.5 Å². The van der Waals surface area contributed by atoms with Crippen LogP contribution in [0, 0.1) is 0 Å². The Kier molecular flexibility index (Phi) is 4.96. The number of rotatable bonds is 4. The summed E-state index contributed by atoms with van der Waals surface area (Å²) in [5.74, 6) is -7.17. The fourth-order valence-electron chi connectivity index (χ4n) is 1.05. The Hall–Kier alpha value is -1.26. The number of alkyl halides is 8. The van der Waals surface area contributed by atoms with E-state index in [0.29, 0.717) is 6.07 Å². The van der Waals surface area contributed by atoms with E-state index in [1.165, 1.54) is 0 Å². The van der Waals surface area contributed by atoms with Crippen molar-refractivity contribution < 1.29 is 44.6 Å². The topological polar surface area (TPSA) is 18.5 Å². The first kappa shape index (κ1) is 17.8. The molecule has 0 heterocycles. The average Bonchev–Trinajstić information content (AvgIpc) is 2.26. The molecule has 0 N–H and O–H groups in total. The molecule has 11 heteroatoms. The Balaban J connectivity index is 2.95. The normalized spacial score (nSPS) is 13.2. The first-order valence-corrected chi connectivity index (χ1v) is 5.74. The van der Waals surface area contributed by atoms with Gasteiger partial charge in [-0.05, 0) is 18.2 Å². The molecule has 0 aromatic heterocycles. The van der Waals surface area contributed by atoms with Crippen LogP contribution >= 0.6 is 15.9 Å². The van der Waals surface area contributed by atoms with Crippen molar-refractivity contribution in [1.29, 1.82) is 0 Å². The van der Waals surface area contributed by atoms with Gasteiger partial charge in [0.25, 0.3) is 0 Å². The summed E-state index contributed by atoms with van der Waals surface area (Å²) in [6.07, 6.45) is -11.0. The number of hydrogen-bond donors (Lipinski definition) is 0. The zero-order chi connectivity index (χ0) is 16.5. The zero-order valence-corrected chi connectivity index (χ0v) is 11.2. The minimum Gasteiger partial charge on any atom is -0.483 e. The maximum absolute atomic E-state index is 12.7. The molecule has 0 saturated heterocycles. The Labute approximate surface area is 120 Å². The molecule has 0 atom stereocenters. The zero-order valence-electron chi connectivity index (χ0n) is 9.66. The van der Waals surface area contributed by atoms with Crippen molar-refractivity contribution in [2.24, 2.45) is 0 Å². The lowest BCUT2D eigenvalue weighted by Crippen LogP contribution is -2.41. The van der Waals surface area contributed by atoms with Gasteiger partial charge in [-0.2, -0.15) is 22.0 Å². The molecule has 1 aromatic rings. The average molecular weight is 389 g/mol. The summed E-state index contributed by atoms with van der Waals surface area (Å²) in [4.78, 5) is 0. The highest BCUT2D eigenvalue weighted by atomic mass is 79.9. The number of hydrogen-bond acceptors (Lipinski definition) is 2. The molecule has 1 rings (SSSR count). The van der Waals surface area contributed by atoms with Gasteiger partial charge in [-0.25, -0.2) is 0 Å². The molecule has 0 radical (unpaired) electrons. The Morgan fingerprint density at radius 2 is 1.48 bits per heavy atom. The van der Waals surface area contributed by atoms with E-state index < -0.39 is 36.6 Å². The van der Waals surface area contributed by atoms with E-state index in [4.69, 9.17) is 0 Å². The van der Waals surface area contributed by atoms with Crippen molar-refractivity contribution in [2.75, 3.05) is 6.61 Å². The molecule has 0 amide bonds. The van der Waals surface area contributed by atoms with Crippen molar-refractivity contribution in [2.45, 2.75) is 18.5 Å². The summed E-state index contributed by atoms with van der Waals surface area (Å²) in [5.41, 5.74) is 0. The second-order valence-corrected chi connectivity index (χ2v) is 4.55. The van der Waals surface area contributed by atoms with Crippen LogP contribution < -0.4 is 9.47 Å². The molecular weight excluding hydrogens is 384 g/mol. The lowest BCUT2D eigenvalue weighted by molar-refractivity contribution is -0.291. The molecule has 2 nitrogen and oxygen atoms in total. The number of halogens is 9. The van der Waals surface area contributed by atoms with Gasteiger partial charge >= 0.3 is 18.5 Å². The molecule has 0 spiro atoms. The highest BCUT2D eigenvalue weighted by Crippen LogP contribution is 2.39. The molecule has 0 aliphatic rings. The number of ether oxygens (including phenoxy) is 2. The van der Waals surface area contributed by atoms with Gasteiger partial charge in [0, 0.05) is 4.47 Å². The largest absolute Gasteiger partial charge is 0.573 e. The van der Waals surface area contributed by atoms with Gasteiger partial charge in [0.05, 0.1) is 0 Å². The molecule has 0 fully saturated rings. The van der Waals surface area contributed by atoms with Crippen LogP contribution in [0.3, 0.4) is 0 Å². The minimum absolute atomic E-state index is 0.0994. The molecule has 0 aliphatic carbocycles. The van der Waals surface area contributed by atoms with Gasteiger partial charge in [-0.3, -0.25) is 0 Å². The molecule has 0 saturated carbocycles. The van der Waals surface area contributed by atoms with E-state index >= 15 is 0 Å². The van der Waals surface area contributed by atoms with E-state index in [1.54, 1.807) is 0 Å². The van der Waals surface area contributed by atoms with Crippen molar-refractivity contribution in [3.8, 4) is 11.5 Å². The lowest BCUT2D eigenvalue weighted by atomic mass is 10.3. The third kappa shape index (κ3) is 5.21. The fourth-order valence-corrected chi connectivity index (χ4v) is 1.39. The van der Waals surface area contributed by atoms with Crippen molar-refractivity contribution >= 4 is 15.9 Å². The van der Waals surface area contributed by atoms with Gasteiger partial charge in [0.2, 0.25) is 0 Å². The van der Waals surface area contributed by atoms with E-state index in [9.17, 15) is 35.1 Å². The maximum atomic E-state index is 12.7. The Morgan fingerprint density at radius 1 is 0.905 bits per heavy atom. The van der Waals surface area contributed by atoms with Gasteiger partial charge in [-0.1, -0.05) is 15.9 Å². The molecule has 0 bridgehead atoms. The molecule has 0 aliphatic heterocycles. The predicted octanol–water partition coefficient (Wildman–Crippen LogP) is 4.92. The van der Waals surface area contributed by atoms with Crippen molar-refractivity contribution in [1.82, 2.24) is 0 Å². The molecule has 1 aromatic carbocycles. The van der Waals surface area contributed by atoms with E-state index in [1.807, 2.05) is 0 Å². The monoisotopic (exact) mass is 388 g/mol. The molecule has 120 valence electrons. The van der Waals surface area contributed by atoms with Crippen LogP contribution in [-0.4, -0.2) is 25.1 Å². The van der Waals surface area contributed by atoms with Crippen LogP contribution in [0.25, 0.3) is 0 Å². The first-order valence-electron chi connectivity index (χ1n) is 4.94. The summed E-state index contributed by atoms with van der Waals surface area (Å²) in [7, 11) is 0. The van der Waals surface area contributed by atoms with Crippen molar-refractivity contribution in [3.05, 3.63) is 22.7 Å². The summed E-state index contributed by atoms with van der Waals surface area (Å²) >= 11 is 2.81. The quantitative estimate of drug-likeness (QED) is 0.681. The third-order valence-electron chi connectivity index (χ3n) is 1.96. The lowest BCUT2D eigenvalue weighted by Gasteiger charge is -2.21. The predicted molar refractivity (Wildman–Crippen MR) is 57.3 cm³/mol. The van der Waals surface area contributed by atoms with Crippen LogP contribution in [0.1, 0.15) is 0 Å². The van der Waals surface area contributed by atoms with E-state index in [-0.39, 0.29) is 4.47 Å². The Bertz CT molecular complexity index is 497. The summed E-state index contributed by atoms with van der Waals surface area (Å²) < 4.78 is 105. The summed E-state index contributed by atoms with van der Waals surface area (Å²) in [6, 6.07) is 2.54. The second-order valence-electron chi connectivity index (χ2n) is 3.63. The minimum atomic E-state index is -5.88. The van der Waals surface area contributed by atoms with Gasteiger partial charge in [0.15, 0.2) is 18.1 Å². The summed E-state index contributed by atoms with van der Waals surface area (Å²) in [5, 5.41) is 0. The summed E-state index contributed by atoms with van der Waals surface area (Å²) in [6.45, 7) is -2.18. The highest BCUT2D eigenvalue weighted by molar-refractivity contribution is 9.10. The van der Waals surface area contributed by atoms with Gasteiger partial charge in [0.1, 0.15) is 0 Å². The molecule has 0 unspecified atom stereocenters. The standard InChI is InChI=1S/C10H5BrF8O2/c11-5-1-2-6(21-10(17,18)19)7(3-5)20-4-8(12,13)9(14,15)16/h1-3H,4H2. The SMILES string of the molecule is FC(F)(F)Oc1ccc(Br)cc1OCC(F)(F)C(F)(F)F. The first-order chi connectivity index (χ1) is 9.32. The number of benzene rings is 1. The third-order valence-corrected chi connectivity index (χ3v) is 2.45. The van der Waals surface area contributed by atoms with Gasteiger partial charge < -0.3 is 9.47 Å². The Morgan fingerprint density at radius 3 is 1.95 bits per heavy atom. The maximum Gasteiger partial charge on any atom is 0.573 e. The van der Waals surface area contributed by atoms with Crippen LogP contribution in [0.2, 0.25) is 0 Å². The van der Waals surface area contributed by atoms with E-state index in [2.05, 4.69) is 25.4 Å². The highest BCUT2D eigenvalue weighted by Gasteiger charge is 2.58. The van der Waals surface area contributed by atoms with Gasteiger partial charge in [-0.15, -0.1) is 13.2 Å². The molecular formula is C10H5BrF8O2. The van der Waals surface area contributed by atoms with Crippen molar-refractivity contribution in [3.63, 3.8) is 0 Å². The van der Waals surface area contributed by atoms with Crippen LogP contribution in [-0.2, 0) is 0 Å². The van der Waals surface area contributed by atoms with E-state index in [0.717, 1.165) is 12.1 Å². The molecule has 21 heavy (non-hydrogen) atoms.